The summed E-state index contributed by atoms with van der Waals surface area (Å²) in [6, 6.07) is 27.4. The van der Waals surface area contributed by atoms with E-state index in [2.05, 4.69) is 10.3 Å². The van der Waals surface area contributed by atoms with Crippen LogP contribution in [0.2, 0.25) is 0 Å². The molecule has 0 aliphatic carbocycles. The van der Waals surface area contributed by atoms with Crippen LogP contribution in [0, 0.1) is 0 Å². The molecule has 8 heteroatoms. The van der Waals surface area contributed by atoms with Crippen LogP contribution in [-0.4, -0.2) is 46.5 Å². The van der Waals surface area contributed by atoms with E-state index >= 15 is 0 Å². The van der Waals surface area contributed by atoms with Gasteiger partial charge in [0.2, 0.25) is 0 Å². The van der Waals surface area contributed by atoms with E-state index in [1.165, 1.54) is 12.1 Å². The van der Waals surface area contributed by atoms with Gasteiger partial charge >= 0.3 is 0 Å². The zero-order valence-electron chi connectivity index (χ0n) is 23.3. The Labute approximate surface area is 248 Å². The molecule has 0 fully saturated rings. The van der Waals surface area contributed by atoms with Crippen LogP contribution >= 0.6 is 0 Å². The Hall–Kier alpha value is -5.37. The first-order valence-corrected chi connectivity index (χ1v) is 14.3. The molecule has 43 heavy (non-hydrogen) atoms. The molecule has 2 N–H and O–H groups in total. The number of pyridine rings is 1. The van der Waals surface area contributed by atoms with Crippen LogP contribution in [0.5, 0.6) is 23.0 Å². The number of hydrogen-bond donors (Lipinski definition) is 2. The highest BCUT2D eigenvalue weighted by molar-refractivity contribution is 6.06. The third-order valence-electron chi connectivity index (χ3n) is 7.98. The van der Waals surface area contributed by atoms with E-state index in [0.29, 0.717) is 55.4 Å². The molecule has 4 aromatic carbocycles. The summed E-state index contributed by atoms with van der Waals surface area (Å²) in [7, 11) is 0. The van der Waals surface area contributed by atoms with Crippen LogP contribution in [0.3, 0.4) is 0 Å². The second kappa shape index (κ2) is 11.1. The number of phenolic OH excluding ortho intramolecular Hbond substituents is 1. The van der Waals surface area contributed by atoms with Gasteiger partial charge in [-0.3, -0.25) is 14.6 Å². The van der Waals surface area contributed by atoms with Crippen LogP contribution in [-0.2, 0) is 6.42 Å². The summed E-state index contributed by atoms with van der Waals surface area (Å²) >= 11 is 0. The predicted molar refractivity (Wildman–Crippen MR) is 162 cm³/mol. The minimum absolute atomic E-state index is 0.0598. The Balaban J connectivity index is 1.33. The van der Waals surface area contributed by atoms with E-state index in [0.717, 1.165) is 27.6 Å². The second-order valence-electron chi connectivity index (χ2n) is 10.7. The molecule has 1 unspecified atom stereocenters. The molecule has 0 saturated carbocycles. The van der Waals surface area contributed by atoms with E-state index < -0.39 is 0 Å². The fraction of sp³-hybridized carbons (Fsp3) is 0.171. The molecule has 1 aromatic heterocycles. The molecule has 0 radical (unpaired) electrons. The molecular weight excluding hydrogens is 542 g/mol. The zero-order valence-corrected chi connectivity index (χ0v) is 23.3. The van der Waals surface area contributed by atoms with Gasteiger partial charge < -0.3 is 24.8 Å². The lowest BCUT2D eigenvalue weighted by Crippen LogP contribution is -2.40. The number of amides is 2. The number of fused-ring (bicyclic) bond motifs is 7. The number of carbonyl (C=O) groups excluding carboxylic acids is 2. The van der Waals surface area contributed by atoms with Crippen LogP contribution < -0.4 is 14.8 Å². The number of rotatable bonds is 1. The Morgan fingerprint density at radius 3 is 2.72 bits per heavy atom. The molecule has 3 aliphatic heterocycles. The highest BCUT2D eigenvalue weighted by Gasteiger charge is 2.34. The maximum absolute atomic E-state index is 14.3. The molecule has 214 valence electrons. The van der Waals surface area contributed by atoms with Crippen molar-refractivity contribution in [2.45, 2.75) is 18.9 Å². The topological polar surface area (TPSA) is 101 Å². The minimum atomic E-state index is -0.383. The number of aromatic nitrogens is 1. The maximum Gasteiger partial charge on any atom is 0.255 e. The number of ether oxygens (including phenoxy) is 2. The van der Waals surface area contributed by atoms with Crippen molar-refractivity contribution in [3.8, 4) is 23.0 Å². The molecule has 8 bridgehead atoms. The highest BCUT2D eigenvalue weighted by Crippen LogP contribution is 2.40. The van der Waals surface area contributed by atoms with Crippen molar-refractivity contribution >= 4 is 22.7 Å². The normalized spacial score (nSPS) is 16.4. The third kappa shape index (κ3) is 5.12. The number of aromatic hydroxyl groups is 1. The Morgan fingerprint density at radius 1 is 0.930 bits per heavy atom. The number of carbonyl (C=O) groups is 2. The van der Waals surface area contributed by atoms with E-state index in [1.807, 2.05) is 77.7 Å². The molecule has 0 spiro atoms. The summed E-state index contributed by atoms with van der Waals surface area (Å²) in [5.74, 6) is 1.17. The van der Waals surface area contributed by atoms with Crippen molar-refractivity contribution in [2.75, 3.05) is 19.7 Å². The van der Waals surface area contributed by atoms with Crippen molar-refractivity contribution < 1.29 is 24.2 Å². The Kier molecular flexibility index (Phi) is 6.87. The summed E-state index contributed by atoms with van der Waals surface area (Å²) in [5.41, 5.74) is 4.55. The highest BCUT2D eigenvalue weighted by atomic mass is 16.5. The number of nitrogens with one attached hydrogen (secondary N) is 1. The summed E-state index contributed by atoms with van der Waals surface area (Å²) in [5, 5.41) is 14.0. The van der Waals surface area contributed by atoms with E-state index in [9.17, 15) is 14.7 Å². The minimum Gasteiger partial charge on any atom is -0.507 e. The summed E-state index contributed by atoms with van der Waals surface area (Å²) < 4.78 is 12.2. The molecule has 2 amide bonds. The predicted octanol–water partition coefficient (Wildman–Crippen LogP) is 6.03. The molecule has 1 atom stereocenters. The van der Waals surface area contributed by atoms with Gasteiger partial charge in [-0.25, -0.2) is 0 Å². The largest absolute Gasteiger partial charge is 0.507 e. The lowest BCUT2D eigenvalue weighted by Gasteiger charge is -2.38. The molecule has 5 aromatic rings. The van der Waals surface area contributed by atoms with Crippen LogP contribution in [0.25, 0.3) is 10.9 Å². The SMILES string of the molecule is O=C1NCCCOc2cccc(c2)C2c3ccc(cc3CCN2C(=O)c2cccc3ncccc23)Oc2ccc(O)c1c2. The van der Waals surface area contributed by atoms with Gasteiger partial charge in [0.15, 0.2) is 0 Å². The van der Waals surface area contributed by atoms with Gasteiger partial charge in [-0.15, -0.1) is 0 Å². The first-order valence-electron chi connectivity index (χ1n) is 14.3. The fourth-order valence-corrected chi connectivity index (χ4v) is 5.92. The number of nitrogens with zero attached hydrogens (tertiary/aromatic N) is 2. The first-order chi connectivity index (χ1) is 21.0. The van der Waals surface area contributed by atoms with Gasteiger partial charge in [0.05, 0.1) is 23.7 Å². The second-order valence-corrected chi connectivity index (χ2v) is 10.7. The van der Waals surface area contributed by atoms with Gasteiger partial charge in [-0.2, -0.15) is 0 Å². The van der Waals surface area contributed by atoms with E-state index in [1.54, 1.807) is 12.3 Å². The van der Waals surface area contributed by atoms with Crippen molar-refractivity contribution in [3.05, 3.63) is 125 Å². The number of benzene rings is 4. The molecule has 0 saturated heterocycles. The molecule has 3 aliphatic rings. The summed E-state index contributed by atoms with van der Waals surface area (Å²) in [6.45, 7) is 1.26. The van der Waals surface area contributed by atoms with Crippen molar-refractivity contribution in [1.82, 2.24) is 15.2 Å². The van der Waals surface area contributed by atoms with Gasteiger partial charge in [0.25, 0.3) is 11.8 Å². The first kappa shape index (κ1) is 26.5. The van der Waals surface area contributed by atoms with Crippen LogP contribution in [0.4, 0.5) is 0 Å². The molecule has 4 heterocycles. The monoisotopic (exact) mass is 571 g/mol. The van der Waals surface area contributed by atoms with E-state index in [4.69, 9.17) is 9.47 Å². The number of hydrogen-bond acceptors (Lipinski definition) is 6. The van der Waals surface area contributed by atoms with Crippen molar-refractivity contribution in [2.24, 2.45) is 0 Å². The average molecular weight is 572 g/mol. The standard InChI is InChI=1S/C35H29N3O5/c39-32-13-11-26-21-30(32)34(40)37-16-4-18-42-24-6-1-5-23(20-24)33-27-12-10-25(43-26)19-22(27)14-17-38(33)35(41)29-7-2-9-31-28(29)8-3-15-36-31/h1-3,5-13,15,19-21,33,39H,4,14,16-18H2,(H,37,40). The smallest absolute Gasteiger partial charge is 0.255 e. The summed E-state index contributed by atoms with van der Waals surface area (Å²) in [4.78, 5) is 33.4. The van der Waals surface area contributed by atoms with Gasteiger partial charge in [-0.1, -0.05) is 30.3 Å². The zero-order chi connectivity index (χ0) is 29.3. The summed E-state index contributed by atoms with van der Waals surface area (Å²) in [6.07, 6.45) is 2.94. The number of phenols is 1. The Bertz CT molecular complexity index is 1870. The Morgan fingerprint density at radius 2 is 1.79 bits per heavy atom. The van der Waals surface area contributed by atoms with E-state index in [-0.39, 0.29) is 29.2 Å². The van der Waals surface area contributed by atoms with Crippen LogP contribution in [0.15, 0.2) is 97.2 Å². The lowest BCUT2D eigenvalue weighted by atomic mass is 9.87. The third-order valence-corrected chi connectivity index (χ3v) is 7.98. The molecule has 8 nitrogen and oxygen atoms in total. The maximum atomic E-state index is 14.3. The lowest BCUT2D eigenvalue weighted by molar-refractivity contribution is 0.0696. The average Bonchev–Trinajstić information content (AvgIpc) is 3.04. The van der Waals surface area contributed by atoms with Crippen molar-refractivity contribution in [1.29, 1.82) is 0 Å². The van der Waals surface area contributed by atoms with Gasteiger partial charge in [0.1, 0.15) is 23.0 Å². The fourth-order valence-electron chi connectivity index (χ4n) is 5.92. The van der Waals surface area contributed by atoms with Gasteiger partial charge in [-0.05, 0) is 90.2 Å². The van der Waals surface area contributed by atoms with Gasteiger partial charge in [0, 0.05) is 30.2 Å². The molecule has 8 rings (SSSR count). The van der Waals surface area contributed by atoms with Crippen LogP contribution in [0.1, 0.15) is 49.9 Å². The molecular formula is C35H29N3O5. The van der Waals surface area contributed by atoms with Crippen molar-refractivity contribution in [3.63, 3.8) is 0 Å². The quantitative estimate of drug-likeness (QED) is 0.255.